The molecule has 0 radical (unpaired) electrons. The summed E-state index contributed by atoms with van der Waals surface area (Å²) in [6.07, 6.45) is 4.12. The van der Waals surface area contributed by atoms with E-state index in [0.29, 0.717) is 27.9 Å². The van der Waals surface area contributed by atoms with E-state index in [-0.39, 0.29) is 17.9 Å². The maximum atomic E-state index is 12.9. The molecule has 0 N–H and O–H groups in total. The van der Waals surface area contributed by atoms with Crippen molar-refractivity contribution in [2.45, 2.75) is 13.3 Å². The monoisotopic (exact) mass is 357 g/mol. The number of aromatic nitrogens is 3. The second-order valence-corrected chi connectivity index (χ2v) is 5.77. The number of Topliss-reactive ketones (excluding diaryl/α,β-unsaturated/α-hetero) is 1. The number of pyridine rings is 3. The van der Waals surface area contributed by atoms with Crippen LogP contribution in [0.25, 0.3) is 0 Å². The normalized spacial score (nSPS) is 10.5. The van der Waals surface area contributed by atoms with E-state index >= 15 is 0 Å². The Hall–Kier alpha value is -2.86. The first kappa shape index (κ1) is 17.0. The highest BCUT2D eigenvalue weighted by atomic mass is 35.5. The van der Waals surface area contributed by atoms with Crippen molar-refractivity contribution in [3.05, 3.63) is 76.8 Å². The molecule has 0 spiro atoms. The molecule has 3 aromatic heterocycles. The van der Waals surface area contributed by atoms with Crippen LogP contribution in [0.5, 0.6) is 11.5 Å². The van der Waals surface area contributed by atoms with Gasteiger partial charge in [0.1, 0.15) is 23.0 Å². The lowest BCUT2D eigenvalue weighted by Crippen LogP contribution is -2.08. The second kappa shape index (κ2) is 7.36. The standard InChI is InChI=1S/C18H13ClFN3O2/c1-11-4-15(25-16-5-12(19)8-21-10-16)7-17(23-11)18(24)6-14-3-2-13(20)9-22-14/h2-5,7-10H,6H2,1H3. The first-order valence-electron chi connectivity index (χ1n) is 7.40. The number of ether oxygens (including phenoxy) is 1. The molecule has 0 saturated carbocycles. The van der Waals surface area contributed by atoms with Gasteiger partial charge in [-0.05, 0) is 19.1 Å². The first-order valence-corrected chi connectivity index (χ1v) is 7.78. The SMILES string of the molecule is Cc1cc(Oc2cncc(Cl)c2)cc(C(=O)Cc2ccc(F)cn2)n1. The van der Waals surface area contributed by atoms with Crippen molar-refractivity contribution in [3.63, 3.8) is 0 Å². The fourth-order valence-corrected chi connectivity index (χ4v) is 2.35. The zero-order valence-electron chi connectivity index (χ0n) is 13.2. The van der Waals surface area contributed by atoms with Crippen molar-refractivity contribution in [1.82, 2.24) is 15.0 Å². The third kappa shape index (κ3) is 4.58. The highest BCUT2D eigenvalue weighted by Crippen LogP contribution is 2.24. The highest BCUT2D eigenvalue weighted by Gasteiger charge is 2.13. The summed E-state index contributed by atoms with van der Waals surface area (Å²) in [6.45, 7) is 1.76. The number of carbonyl (C=O) groups is 1. The van der Waals surface area contributed by atoms with Gasteiger partial charge < -0.3 is 4.74 Å². The largest absolute Gasteiger partial charge is 0.456 e. The van der Waals surface area contributed by atoms with Crippen molar-refractivity contribution >= 4 is 17.4 Å². The Balaban J connectivity index is 1.80. The summed E-state index contributed by atoms with van der Waals surface area (Å²) in [6, 6.07) is 7.60. The zero-order valence-corrected chi connectivity index (χ0v) is 14.0. The molecule has 126 valence electrons. The minimum atomic E-state index is -0.448. The number of hydrogen-bond acceptors (Lipinski definition) is 5. The molecular formula is C18H13ClFN3O2. The van der Waals surface area contributed by atoms with Crippen LogP contribution in [0, 0.1) is 12.7 Å². The molecule has 5 nitrogen and oxygen atoms in total. The smallest absolute Gasteiger partial charge is 0.187 e. The van der Waals surface area contributed by atoms with E-state index in [9.17, 15) is 9.18 Å². The van der Waals surface area contributed by atoms with Gasteiger partial charge in [-0.15, -0.1) is 0 Å². The van der Waals surface area contributed by atoms with E-state index in [1.54, 1.807) is 25.1 Å². The zero-order chi connectivity index (χ0) is 17.8. The topological polar surface area (TPSA) is 65.0 Å². The molecule has 0 aliphatic heterocycles. The van der Waals surface area contributed by atoms with Crippen LogP contribution in [0.15, 0.2) is 48.9 Å². The lowest BCUT2D eigenvalue weighted by atomic mass is 10.1. The molecule has 0 atom stereocenters. The molecule has 0 saturated heterocycles. The molecule has 3 heterocycles. The van der Waals surface area contributed by atoms with Crippen molar-refractivity contribution in [2.24, 2.45) is 0 Å². The average Bonchev–Trinajstić information content (AvgIpc) is 2.56. The van der Waals surface area contributed by atoms with Gasteiger partial charge in [-0.25, -0.2) is 9.37 Å². The van der Waals surface area contributed by atoms with Crippen LogP contribution >= 0.6 is 11.6 Å². The number of rotatable bonds is 5. The van der Waals surface area contributed by atoms with E-state index in [1.165, 1.54) is 24.5 Å². The lowest BCUT2D eigenvalue weighted by Gasteiger charge is -2.08. The average molecular weight is 358 g/mol. The quantitative estimate of drug-likeness (QED) is 0.640. The number of ketones is 1. The van der Waals surface area contributed by atoms with Crippen LogP contribution in [0.3, 0.4) is 0 Å². The van der Waals surface area contributed by atoms with Crippen LogP contribution in [0.1, 0.15) is 21.9 Å². The molecule has 3 rings (SSSR count). The summed E-state index contributed by atoms with van der Waals surface area (Å²) in [4.78, 5) is 24.5. The Bertz CT molecular complexity index is 916. The Morgan fingerprint density at radius 3 is 2.72 bits per heavy atom. The Labute approximate surface area is 148 Å². The first-order chi connectivity index (χ1) is 12.0. The fraction of sp³-hybridized carbons (Fsp3) is 0.111. The molecule has 25 heavy (non-hydrogen) atoms. The molecule has 0 aliphatic rings. The maximum absolute atomic E-state index is 12.9. The van der Waals surface area contributed by atoms with Gasteiger partial charge >= 0.3 is 0 Å². The molecule has 0 unspecified atom stereocenters. The van der Waals surface area contributed by atoms with Gasteiger partial charge in [-0.1, -0.05) is 11.6 Å². The Morgan fingerprint density at radius 1 is 1.16 bits per heavy atom. The van der Waals surface area contributed by atoms with Crippen molar-refractivity contribution in [2.75, 3.05) is 0 Å². The minimum absolute atomic E-state index is 0.0227. The minimum Gasteiger partial charge on any atom is -0.456 e. The highest BCUT2D eigenvalue weighted by molar-refractivity contribution is 6.30. The van der Waals surface area contributed by atoms with Crippen LogP contribution in [0.4, 0.5) is 4.39 Å². The van der Waals surface area contributed by atoms with Gasteiger partial charge in [0.25, 0.3) is 0 Å². The van der Waals surface area contributed by atoms with Gasteiger partial charge in [0.2, 0.25) is 0 Å². The fourth-order valence-electron chi connectivity index (χ4n) is 2.19. The molecule has 0 fully saturated rings. The van der Waals surface area contributed by atoms with Crippen molar-refractivity contribution in [3.8, 4) is 11.5 Å². The maximum Gasteiger partial charge on any atom is 0.187 e. The molecule has 7 heteroatoms. The van der Waals surface area contributed by atoms with Gasteiger partial charge in [0.15, 0.2) is 5.78 Å². The van der Waals surface area contributed by atoms with Gasteiger partial charge in [-0.3, -0.25) is 14.8 Å². The summed E-state index contributed by atoms with van der Waals surface area (Å²) >= 11 is 5.88. The van der Waals surface area contributed by atoms with Crippen LogP contribution < -0.4 is 4.74 Å². The molecule has 0 bridgehead atoms. The summed E-state index contributed by atoms with van der Waals surface area (Å²) in [5, 5.41) is 0.446. The molecule has 0 amide bonds. The summed E-state index contributed by atoms with van der Waals surface area (Å²) in [5.74, 6) is 0.219. The van der Waals surface area contributed by atoms with Gasteiger partial charge in [0, 0.05) is 35.8 Å². The third-order valence-corrected chi connectivity index (χ3v) is 3.47. The summed E-state index contributed by atoms with van der Waals surface area (Å²) in [7, 11) is 0. The number of halogens is 2. The Kier molecular flexibility index (Phi) is 5.00. The van der Waals surface area contributed by atoms with E-state index in [4.69, 9.17) is 16.3 Å². The summed E-state index contributed by atoms with van der Waals surface area (Å²) < 4.78 is 18.6. The van der Waals surface area contributed by atoms with E-state index in [1.807, 2.05) is 0 Å². The third-order valence-electron chi connectivity index (χ3n) is 3.26. The van der Waals surface area contributed by atoms with E-state index in [0.717, 1.165) is 6.20 Å². The number of carbonyl (C=O) groups excluding carboxylic acids is 1. The molecule has 0 aliphatic carbocycles. The van der Waals surface area contributed by atoms with Gasteiger partial charge in [0.05, 0.1) is 23.8 Å². The van der Waals surface area contributed by atoms with Crippen LogP contribution in [0.2, 0.25) is 5.02 Å². The predicted molar refractivity (Wildman–Crippen MR) is 90.5 cm³/mol. The van der Waals surface area contributed by atoms with E-state index < -0.39 is 5.82 Å². The van der Waals surface area contributed by atoms with Crippen molar-refractivity contribution < 1.29 is 13.9 Å². The number of nitrogens with zero attached hydrogens (tertiary/aromatic N) is 3. The number of aryl methyl sites for hydroxylation is 1. The van der Waals surface area contributed by atoms with Crippen LogP contribution in [-0.4, -0.2) is 20.7 Å². The molecular weight excluding hydrogens is 345 g/mol. The van der Waals surface area contributed by atoms with Crippen molar-refractivity contribution in [1.29, 1.82) is 0 Å². The second-order valence-electron chi connectivity index (χ2n) is 5.34. The van der Waals surface area contributed by atoms with Gasteiger partial charge in [-0.2, -0.15) is 0 Å². The van der Waals surface area contributed by atoms with Crippen LogP contribution in [-0.2, 0) is 6.42 Å². The number of hydrogen-bond donors (Lipinski definition) is 0. The molecule has 0 aromatic carbocycles. The Morgan fingerprint density at radius 2 is 2.00 bits per heavy atom. The predicted octanol–water partition coefficient (Wildman–Crippen LogP) is 4.19. The summed E-state index contributed by atoms with van der Waals surface area (Å²) in [5.41, 5.74) is 1.34. The van der Waals surface area contributed by atoms with E-state index in [2.05, 4.69) is 15.0 Å². The lowest BCUT2D eigenvalue weighted by molar-refractivity contribution is 0.0986. The molecule has 3 aromatic rings.